The number of nitrogens with zero attached hydrogens (tertiary/aromatic N) is 5. The molecule has 8 nitrogen and oxygen atoms in total. The number of carbonyl (C=O) groups excluding carboxylic acids is 1. The maximum Gasteiger partial charge on any atom is 0.411 e. The Hall–Kier alpha value is -3.05. The molecule has 4 heterocycles. The number of rotatable bonds is 4. The fraction of sp³-hybridized carbons (Fsp3) is 0.471. The Morgan fingerprint density at radius 2 is 1.72 bits per heavy atom. The van der Waals surface area contributed by atoms with Crippen molar-refractivity contribution in [2.45, 2.75) is 89.9 Å². The van der Waals surface area contributed by atoms with Gasteiger partial charge >= 0.3 is 6.09 Å². The van der Waals surface area contributed by atoms with Gasteiger partial charge in [-0.05, 0) is 68.4 Å². The first-order valence-corrected chi connectivity index (χ1v) is 19.2. The zero-order valence-electron chi connectivity index (χ0n) is 27.5. The molecule has 2 bridgehead atoms. The average Bonchev–Trinajstić information content (AvgIpc) is 3.16. The number of aromatic nitrogens is 3. The lowest BCUT2D eigenvalue weighted by atomic mass is 10.0. The molecule has 3 atom stereocenters. The summed E-state index contributed by atoms with van der Waals surface area (Å²) in [5.41, 5.74) is 0.118. The molecule has 46 heavy (non-hydrogen) atoms. The number of pyridine rings is 1. The highest BCUT2D eigenvalue weighted by molar-refractivity contribution is 6.74. The molecule has 0 spiro atoms. The normalized spacial score (nSPS) is 20.5. The molecule has 2 aliphatic heterocycles. The van der Waals surface area contributed by atoms with E-state index in [1.807, 2.05) is 49.9 Å². The van der Waals surface area contributed by atoms with Gasteiger partial charge in [0, 0.05) is 35.3 Å². The summed E-state index contributed by atoms with van der Waals surface area (Å²) in [6.45, 7) is 17.5. The monoisotopic (exact) mass is 683 g/mol. The van der Waals surface area contributed by atoms with Crippen LogP contribution in [0.15, 0.2) is 42.6 Å². The third-order valence-electron chi connectivity index (χ3n) is 9.42. The van der Waals surface area contributed by atoms with Crippen LogP contribution in [-0.4, -0.2) is 71.1 Å². The third-order valence-corrected chi connectivity index (χ3v) is 14.4. The predicted molar refractivity (Wildman–Crippen MR) is 185 cm³/mol. The van der Waals surface area contributed by atoms with Gasteiger partial charge in [-0.25, -0.2) is 14.2 Å². The van der Waals surface area contributed by atoms with Crippen LogP contribution in [-0.2, 0) is 9.16 Å². The fourth-order valence-electron chi connectivity index (χ4n) is 6.30. The van der Waals surface area contributed by atoms with Crippen LogP contribution < -0.4 is 4.90 Å². The highest BCUT2D eigenvalue weighted by atomic mass is 35.5. The van der Waals surface area contributed by atoms with E-state index >= 15 is 4.39 Å². The van der Waals surface area contributed by atoms with Gasteiger partial charge in [0.1, 0.15) is 22.6 Å². The van der Waals surface area contributed by atoms with Crippen LogP contribution in [0.3, 0.4) is 0 Å². The zero-order valence-corrected chi connectivity index (χ0v) is 30.0. The Morgan fingerprint density at radius 1 is 1.02 bits per heavy atom. The van der Waals surface area contributed by atoms with E-state index in [0.29, 0.717) is 46.7 Å². The molecule has 2 fully saturated rings. The number of amides is 1. The largest absolute Gasteiger partial charge is 0.444 e. The van der Waals surface area contributed by atoms with Gasteiger partial charge in [-0.3, -0.25) is 9.88 Å². The summed E-state index contributed by atoms with van der Waals surface area (Å²) in [5, 5.41) is 2.44. The van der Waals surface area contributed by atoms with Crippen molar-refractivity contribution >= 4 is 65.1 Å². The smallest absolute Gasteiger partial charge is 0.411 e. The van der Waals surface area contributed by atoms with Gasteiger partial charge in [0.15, 0.2) is 14.1 Å². The highest BCUT2D eigenvalue weighted by Crippen LogP contribution is 2.43. The minimum atomic E-state index is -2.18. The second kappa shape index (κ2) is 11.6. The fourth-order valence-corrected chi connectivity index (χ4v) is 8.11. The first-order chi connectivity index (χ1) is 21.4. The number of anilines is 1. The Morgan fingerprint density at radius 3 is 2.39 bits per heavy atom. The zero-order chi connectivity index (χ0) is 33.3. The molecule has 244 valence electrons. The Kier molecular flexibility index (Phi) is 8.27. The van der Waals surface area contributed by atoms with Crippen molar-refractivity contribution in [2.24, 2.45) is 0 Å². The standard InChI is InChI=1S/C34H40Cl2FN5O3Si/c1-33(2,3)44-32(43)42-20-15-25(45-46(7,8)34(4,5)6)24(42)18-41(17-20)30-22-16-38-28(27(37)29(22)39-31(36)40-30)21-13-9-11-19-12-10-14-23(35)26(19)21/h9-14,16,20,24-25H,15,17-18H2,1-8H3/t20-,24-,25-/m1/s1. The predicted octanol–water partition coefficient (Wildman–Crippen LogP) is 8.88. The number of hydrogen-bond donors (Lipinski definition) is 0. The van der Waals surface area contributed by atoms with Gasteiger partial charge in [-0.15, -0.1) is 0 Å². The van der Waals surface area contributed by atoms with Crippen molar-refractivity contribution in [1.29, 1.82) is 0 Å². The molecule has 2 saturated heterocycles. The van der Waals surface area contributed by atoms with E-state index in [1.165, 1.54) is 0 Å². The van der Waals surface area contributed by atoms with E-state index in [4.69, 9.17) is 32.4 Å². The van der Waals surface area contributed by atoms with E-state index in [0.717, 1.165) is 5.39 Å². The first kappa shape index (κ1) is 32.9. The average molecular weight is 685 g/mol. The molecule has 0 saturated carbocycles. The van der Waals surface area contributed by atoms with Gasteiger partial charge < -0.3 is 14.1 Å². The summed E-state index contributed by atoms with van der Waals surface area (Å²) in [5.74, 6) is -0.138. The van der Waals surface area contributed by atoms with Crippen molar-refractivity contribution in [3.05, 3.63) is 58.7 Å². The number of piperazine rings is 1. The quantitative estimate of drug-likeness (QED) is 0.157. The maximum absolute atomic E-state index is 16.4. The molecule has 0 aliphatic carbocycles. The number of benzene rings is 2. The van der Waals surface area contributed by atoms with Crippen LogP contribution in [0.25, 0.3) is 32.9 Å². The van der Waals surface area contributed by atoms with Crippen molar-refractivity contribution in [3.63, 3.8) is 0 Å². The van der Waals surface area contributed by atoms with Gasteiger partial charge in [0.25, 0.3) is 0 Å². The van der Waals surface area contributed by atoms with Crippen molar-refractivity contribution in [1.82, 2.24) is 19.9 Å². The van der Waals surface area contributed by atoms with Crippen LogP contribution in [0.5, 0.6) is 0 Å². The van der Waals surface area contributed by atoms with Gasteiger partial charge in [0.05, 0.1) is 23.6 Å². The van der Waals surface area contributed by atoms with Gasteiger partial charge in [-0.2, -0.15) is 4.98 Å². The van der Waals surface area contributed by atoms with E-state index in [-0.39, 0.29) is 45.8 Å². The molecule has 1 amide bonds. The molecule has 4 aromatic rings. The van der Waals surface area contributed by atoms with E-state index in [9.17, 15) is 4.79 Å². The number of hydrogen-bond acceptors (Lipinski definition) is 7. The number of halogens is 3. The molecule has 2 aromatic heterocycles. The lowest BCUT2D eigenvalue weighted by Gasteiger charge is -2.44. The summed E-state index contributed by atoms with van der Waals surface area (Å²) in [6, 6.07) is 10.6. The van der Waals surface area contributed by atoms with Gasteiger partial charge in [-0.1, -0.05) is 62.7 Å². The third kappa shape index (κ3) is 5.93. The lowest BCUT2D eigenvalue weighted by Crippen LogP contribution is -2.59. The molecule has 0 N–H and O–H groups in total. The Balaban J connectivity index is 1.40. The molecule has 2 aliphatic rings. The number of carbonyl (C=O) groups is 1. The van der Waals surface area contributed by atoms with E-state index in [2.05, 4.69) is 53.7 Å². The molecular formula is C34H40Cl2FN5O3Si. The lowest BCUT2D eigenvalue weighted by molar-refractivity contribution is 0.00677. The topological polar surface area (TPSA) is 80.7 Å². The second-order valence-electron chi connectivity index (χ2n) is 14.8. The van der Waals surface area contributed by atoms with Crippen LogP contribution in [0.2, 0.25) is 28.4 Å². The Labute approximate surface area is 280 Å². The van der Waals surface area contributed by atoms with E-state index < -0.39 is 19.7 Å². The SMILES string of the molecule is CC(C)(C)OC(=O)N1[C@@H]2C[C@@H](O[Si](C)(C)C(C)(C)C)[C@H]1CN(c1nc(Cl)nc3c(F)c(-c4cccc5cccc(Cl)c45)ncc13)C2. The summed E-state index contributed by atoms with van der Waals surface area (Å²) in [6.07, 6.45) is 1.70. The minimum absolute atomic E-state index is 0.00821. The summed E-state index contributed by atoms with van der Waals surface area (Å²) in [7, 11) is -2.18. The van der Waals surface area contributed by atoms with E-state index in [1.54, 1.807) is 18.3 Å². The molecule has 0 unspecified atom stereocenters. The number of fused-ring (bicyclic) bond motifs is 4. The number of ether oxygens (including phenoxy) is 1. The minimum Gasteiger partial charge on any atom is -0.444 e. The van der Waals surface area contributed by atoms with Crippen LogP contribution in [0.4, 0.5) is 15.0 Å². The molecule has 0 radical (unpaired) electrons. The second-order valence-corrected chi connectivity index (χ2v) is 20.3. The molecule has 12 heteroatoms. The molecule has 6 rings (SSSR count). The first-order valence-electron chi connectivity index (χ1n) is 15.6. The maximum atomic E-state index is 16.4. The highest BCUT2D eigenvalue weighted by Gasteiger charge is 2.53. The summed E-state index contributed by atoms with van der Waals surface area (Å²) in [4.78, 5) is 30.9. The van der Waals surface area contributed by atoms with Crippen LogP contribution in [0, 0.1) is 5.82 Å². The van der Waals surface area contributed by atoms with Crippen molar-refractivity contribution in [2.75, 3.05) is 18.0 Å². The van der Waals surface area contributed by atoms with Crippen molar-refractivity contribution in [3.8, 4) is 11.3 Å². The Bertz CT molecular complexity index is 1840. The van der Waals surface area contributed by atoms with Gasteiger partial charge in [0.2, 0.25) is 5.28 Å². The molecular weight excluding hydrogens is 644 g/mol. The van der Waals surface area contributed by atoms with Crippen LogP contribution in [0.1, 0.15) is 48.0 Å². The van der Waals surface area contributed by atoms with Crippen molar-refractivity contribution < 1.29 is 18.3 Å². The summed E-state index contributed by atoms with van der Waals surface area (Å²) < 4.78 is 29.2. The molecule has 2 aromatic carbocycles. The summed E-state index contributed by atoms with van der Waals surface area (Å²) >= 11 is 13.0. The van der Waals surface area contributed by atoms with Crippen LogP contribution >= 0.6 is 23.2 Å².